The molecule has 4 rings (SSSR count). The van der Waals surface area contributed by atoms with Crippen LogP contribution in [0.3, 0.4) is 0 Å². The number of hydrogen-bond acceptors (Lipinski definition) is 7. The van der Waals surface area contributed by atoms with Gasteiger partial charge in [0, 0.05) is 56.2 Å². The van der Waals surface area contributed by atoms with E-state index in [0.29, 0.717) is 11.3 Å². The van der Waals surface area contributed by atoms with Crippen LogP contribution in [-0.4, -0.2) is 81.6 Å². The molecular formula is C29H30F6N4O6. The SMILES string of the molecule is Cc1cccc(C(=O)Nc2ccnc(N3CCCN(Cc4cccc(O)c4)CC3)c2)c1.O=C(O)C(F)(F)F.O=C(O)C(F)(F)F. The quantitative estimate of drug-likeness (QED) is 0.271. The second kappa shape index (κ2) is 16.3. The molecule has 0 unspecified atom stereocenters. The van der Waals surface area contributed by atoms with Crippen LogP contribution >= 0.6 is 0 Å². The number of alkyl halides is 6. The van der Waals surface area contributed by atoms with Gasteiger partial charge in [-0.1, -0.05) is 29.8 Å². The van der Waals surface area contributed by atoms with E-state index < -0.39 is 24.3 Å². The van der Waals surface area contributed by atoms with Crippen LogP contribution in [0.1, 0.15) is 27.9 Å². The summed E-state index contributed by atoms with van der Waals surface area (Å²) in [5, 5.41) is 26.9. The highest BCUT2D eigenvalue weighted by Crippen LogP contribution is 2.21. The van der Waals surface area contributed by atoms with E-state index in [4.69, 9.17) is 19.8 Å². The van der Waals surface area contributed by atoms with E-state index in [9.17, 15) is 36.2 Å². The number of nitrogens with one attached hydrogen (secondary N) is 1. The van der Waals surface area contributed by atoms with Crippen LogP contribution in [0.2, 0.25) is 0 Å². The molecule has 0 radical (unpaired) electrons. The number of aryl methyl sites for hydroxylation is 1. The standard InChI is InChI=1S/C25H28N4O2.2C2HF3O2/c1-19-5-2-7-21(15-19)25(31)27-22-9-10-26-24(17-22)29-12-4-11-28(13-14-29)18-20-6-3-8-23(30)16-20;2*3-2(4,5)1(6)7/h2-3,5-10,15-17,30H,4,11-14,18H2,1H3,(H,26,27,31);2*(H,6,7). The molecular weight excluding hydrogens is 614 g/mol. The fraction of sp³-hybridized carbons (Fsp3) is 0.310. The number of carbonyl (C=O) groups excluding carboxylic acids is 1. The molecule has 1 fully saturated rings. The molecule has 244 valence electrons. The maximum Gasteiger partial charge on any atom is 0.490 e. The fourth-order valence-corrected chi connectivity index (χ4v) is 3.93. The summed E-state index contributed by atoms with van der Waals surface area (Å²) < 4.78 is 63.5. The predicted octanol–water partition coefficient (Wildman–Crippen LogP) is 5.33. The van der Waals surface area contributed by atoms with Crippen molar-refractivity contribution >= 4 is 29.4 Å². The molecule has 0 aliphatic carbocycles. The first kappa shape index (κ1) is 36.3. The average Bonchev–Trinajstić information content (AvgIpc) is 3.18. The van der Waals surface area contributed by atoms with Crippen molar-refractivity contribution in [3.05, 3.63) is 83.6 Å². The first-order chi connectivity index (χ1) is 21.0. The summed E-state index contributed by atoms with van der Waals surface area (Å²) in [6.45, 7) is 6.49. The van der Waals surface area contributed by atoms with Gasteiger partial charge in [-0.2, -0.15) is 26.3 Å². The Kier molecular flexibility index (Phi) is 13.1. The molecule has 10 nitrogen and oxygen atoms in total. The fourth-order valence-electron chi connectivity index (χ4n) is 3.93. The number of phenols is 1. The van der Waals surface area contributed by atoms with E-state index in [1.165, 1.54) is 0 Å². The number of aromatic hydroxyl groups is 1. The highest BCUT2D eigenvalue weighted by molar-refractivity contribution is 6.04. The summed E-state index contributed by atoms with van der Waals surface area (Å²) in [5.41, 5.74) is 3.57. The number of pyridine rings is 1. The third kappa shape index (κ3) is 13.1. The average molecular weight is 645 g/mol. The Labute approximate surface area is 253 Å². The molecule has 1 aliphatic heterocycles. The van der Waals surface area contributed by atoms with Crippen molar-refractivity contribution in [2.75, 3.05) is 36.4 Å². The zero-order valence-corrected chi connectivity index (χ0v) is 23.8. The number of carboxylic acid groups (broad SMARTS) is 2. The van der Waals surface area contributed by atoms with Crippen molar-refractivity contribution in [3.8, 4) is 5.75 Å². The molecule has 2 aromatic carbocycles. The number of hydrogen-bond donors (Lipinski definition) is 4. The number of aliphatic carboxylic acids is 2. The highest BCUT2D eigenvalue weighted by Gasteiger charge is 2.38. The van der Waals surface area contributed by atoms with Crippen molar-refractivity contribution in [2.24, 2.45) is 0 Å². The third-order valence-corrected chi connectivity index (χ3v) is 6.00. The van der Waals surface area contributed by atoms with Gasteiger partial charge in [-0.25, -0.2) is 14.6 Å². The maximum atomic E-state index is 12.6. The summed E-state index contributed by atoms with van der Waals surface area (Å²) in [4.78, 5) is 39.6. The van der Waals surface area contributed by atoms with Crippen molar-refractivity contribution in [1.29, 1.82) is 0 Å². The monoisotopic (exact) mass is 644 g/mol. The largest absolute Gasteiger partial charge is 0.508 e. The van der Waals surface area contributed by atoms with Gasteiger partial charge in [-0.05, 0) is 49.2 Å². The first-order valence-corrected chi connectivity index (χ1v) is 13.1. The minimum Gasteiger partial charge on any atom is -0.508 e. The number of benzene rings is 2. The number of carboxylic acids is 2. The number of nitrogens with zero attached hydrogens (tertiary/aromatic N) is 3. The number of phenolic OH excluding ortho intramolecular Hbond substituents is 1. The van der Waals surface area contributed by atoms with Crippen LogP contribution in [0.4, 0.5) is 37.8 Å². The predicted molar refractivity (Wildman–Crippen MR) is 151 cm³/mol. The zero-order chi connectivity index (χ0) is 33.8. The molecule has 45 heavy (non-hydrogen) atoms. The van der Waals surface area contributed by atoms with Gasteiger partial charge in [0.2, 0.25) is 0 Å². The van der Waals surface area contributed by atoms with Crippen LogP contribution < -0.4 is 10.2 Å². The van der Waals surface area contributed by atoms with E-state index in [1.807, 2.05) is 61.5 Å². The summed E-state index contributed by atoms with van der Waals surface area (Å²) >= 11 is 0. The van der Waals surface area contributed by atoms with Crippen LogP contribution in [-0.2, 0) is 16.1 Å². The van der Waals surface area contributed by atoms with Crippen LogP contribution in [0, 0.1) is 6.92 Å². The van der Waals surface area contributed by atoms with E-state index in [2.05, 4.69) is 20.1 Å². The Morgan fingerprint density at radius 3 is 2.04 bits per heavy atom. The maximum absolute atomic E-state index is 12.6. The van der Waals surface area contributed by atoms with Gasteiger partial charge in [0.05, 0.1) is 0 Å². The third-order valence-electron chi connectivity index (χ3n) is 6.00. The molecule has 0 atom stereocenters. The van der Waals surface area contributed by atoms with E-state index in [0.717, 1.165) is 61.8 Å². The molecule has 0 bridgehead atoms. The van der Waals surface area contributed by atoms with Gasteiger partial charge in [-0.15, -0.1) is 0 Å². The van der Waals surface area contributed by atoms with Gasteiger partial charge in [0.15, 0.2) is 0 Å². The first-order valence-electron chi connectivity index (χ1n) is 13.1. The summed E-state index contributed by atoms with van der Waals surface area (Å²) in [6, 6.07) is 18.8. The summed E-state index contributed by atoms with van der Waals surface area (Å²) in [6.07, 6.45) is -7.39. The Morgan fingerprint density at radius 1 is 0.844 bits per heavy atom. The Hall–Kier alpha value is -4.86. The molecule has 2 heterocycles. The molecule has 0 spiro atoms. The van der Waals surface area contributed by atoms with E-state index in [1.54, 1.807) is 12.3 Å². The number of aromatic nitrogens is 1. The van der Waals surface area contributed by atoms with Crippen LogP contribution in [0.15, 0.2) is 66.9 Å². The van der Waals surface area contributed by atoms with Crippen molar-refractivity contribution in [3.63, 3.8) is 0 Å². The van der Waals surface area contributed by atoms with Gasteiger partial charge in [0.1, 0.15) is 11.6 Å². The molecule has 1 aromatic heterocycles. The lowest BCUT2D eigenvalue weighted by atomic mass is 10.1. The van der Waals surface area contributed by atoms with Crippen LogP contribution in [0.25, 0.3) is 0 Å². The topological polar surface area (TPSA) is 143 Å². The lowest BCUT2D eigenvalue weighted by Gasteiger charge is -2.23. The van der Waals surface area contributed by atoms with Crippen molar-refractivity contribution in [2.45, 2.75) is 32.2 Å². The van der Waals surface area contributed by atoms with Crippen LogP contribution in [0.5, 0.6) is 5.75 Å². The molecule has 0 saturated carbocycles. The normalized spacial score (nSPS) is 13.7. The number of halogens is 6. The molecule has 4 N–H and O–H groups in total. The molecule has 1 amide bonds. The van der Waals surface area contributed by atoms with Gasteiger partial charge < -0.3 is 25.5 Å². The summed E-state index contributed by atoms with van der Waals surface area (Å²) in [5.74, 6) is -4.45. The number of anilines is 2. The lowest BCUT2D eigenvalue weighted by Crippen LogP contribution is -2.31. The lowest BCUT2D eigenvalue weighted by molar-refractivity contribution is -0.193. The second-order valence-electron chi connectivity index (χ2n) is 9.62. The number of amides is 1. The van der Waals surface area contributed by atoms with Gasteiger partial charge in [0.25, 0.3) is 5.91 Å². The summed E-state index contributed by atoms with van der Waals surface area (Å²) in [7, 11) is 0. The molecule has 1 aliphatic rings. The van der Waals surface area contributed by atoms with Crippen molar-refractivity contribution in [1.82, 2.24) is 9.88 Å². The number of rotatable bonds is 5. The van der Waals surface area contributed by atoms with E-state index >= 15 is 0 Å². The Morgan fingerprint density at radius 2 is 1.47 bits per heavy atom. The van der Waals surface area contributed by atoms with Gasteiger partial charge >= 0.3 is 24.3 Å². The molecule has 1 saturated heterocycles. The highest BCUT2D eigenvalue weighted by atomic mass is 19.4. The van der Waals surface area contributed by atoms with Crippen molar-refractivity contribution < 1.29 is 56.0 Å². The van der Waals surface area contributed by atoms with E-state index in [-0.39, 0.29) is 5.91 Å². The van der Waals surface area contributed by atoms with Gasteiger partial charge in [-0.3, -0.25) is 9.69 Å². The second-order valence-corrected chi connectivity index (χ2v) is 9.62. The molecule has 3 aromatic rings. The number of carbonyl (C=O) groups is 3. The minimum atomic E-state index is -5.08. The Balaban J connectivity index is 0.000000421. The molecule has 16 heteroatoms. The minimum absolute atomic E-state index is 0.117. The Bertz CT molecular complexity index is 1430. The smallest absolute Gasteiger partial charge is 0.490 e. The zero-order valence-electron chi connectivity index (χ0n) is 23.8.